The quantitative estimate of drug-likeness (QED) is 0.196. The Bertz CT molecular complexity index is 2730. The summed E-state index contributed by atoms with van der Waals surface area (Å²) in [5.74, 6) is 0. The molecule has 8 aromatic carbocycles. The summed E-state index contributed by atoms with van der Waals surface area (Å²) in [6.45, 7) is 0. The van der Waals surface area contributed by atoms with Gasteiger partial charge in [-0.2, -0.15) is 0 Å². The van der Waals surface area contributed by atoms with Crippen LogP contribution in [0, 0.1) is 0 Å². The van der Waals surface area contributed by atoms with E-state index in [0.717, 1.165) is 0 Å². The second-order valence-corrected chi connectivity index (χ2v) is 12.4. The van der Waals surface area contributed by atoms with E-state index in [4.69, 9.17) is 0 Å². The Morgan fingerprint density at radius 3 is 1.49 bits per heavy atom. The van der Waals surface area contributed by atoms with Crippen molar-refractivity contribution in [2.45, 2.75) is 0 Å². The van der Waals surface area contributed by atoms with Crippen molar-refractivity contribution >= 4 is 43.4 Å². The smallest absolute Gasteiger partial charge is 0.0554 e. The first-order valence-electron chi connectivity index (χ1n) is 15.7. The van der Waals surface area contributed by atoms with Crippen LogP contribution in [-0.4, -0.2) is 4.57 Å². The van der Waals surface area contributed by atoms with Gasteiger partial charge >= 0.3 is 0 Å². The Morgan fingerprint density at radius 1 is 0.267 bits per heavy atom. The van der Waals surface area contributed by atoms with E-state index in [-0.39, 0.29) is 0 Å². The van der Waals surface area contributed by atoms with E-state index >= 15 is 0 Å². The lowest BCUT2D eigenvalue weighted by Crippen LogP contribution is -1.98. The fourth-order valence-electron chi connectivity index (χ4n) is 8.53. The van der Waals surface area contributed by atoms with Crippen molar-refractivity contribution in [2.24, 2.45) is 0 Å². The number of hydrogen-bond acceptors (Lipinski definition) is 0. The second kappa shape index (κ2) is 8.37. The van der Waals surface area contributed by atoms with Gasteiger partial charge in [0.2, 0.25) is 0 Å². The van der Waals surface area contributed by atoms with Gasteiger partial charge in [-0.05, 0) is 89.8 Å². The molecular weight excluding hydrogens is 542 g/mol. The summed E-state index contributed by atoms with van der Waals surface area (Å²) < 4.78 is 2.52. The van der Waals surface area contributed by atoms with Crippen LogP contribution in [0.5, 0.6) is 0 Å². The number of hydrogen-bond donors (Lipinski definition) is 0. The molecule has 0 saturated heterocycles. The average molecular weight is 568 g/mol. The van der Waals surface area contributed by atoms with Gasteiger partial charge in [-0.25, -0.2) is 0 Å². The zero-order valence-electron chi connectivity index (χ0n) is 24.4. The number of benzene rings is 8. The number of rotatable bonds is 2. The highest BCUT2D eigenvalue weighted by Gasteiger charge is 2.27. The van der Waals surface area contributed by atoms with E-state index in [1.54, 1.807) is 0 Å². The lowest BCUT2D eigenvalue weighted by Gasteiger charge is -2.17. The van der Waals surface area contributed by atoms with Crippen molar-refractivity contribution in [3.05, 3.63) is 152 Å². The molecule has 0 N–H and O–H groups in total. The monoisotopic (exact) mass is 567 g/mol. The fraction of sp³-hybridized carbons (Fsp3) is 0. The molecule has 206 valence electrons. The molecule has 0 bridgehead atoms. The van der Waals surface area contributed by atoms with Crippen molar-refractivity contribution in [2.75, 3.05) is 0 Å². The van der Waals surface area contributed by atoms with Gasteiger partial charge in [0.05, 0.1) is 16.7 Å². The van der Waals surface area contributed by atoms with E-state index in [2.05, 4.69) is 156 Å². The van der Waals surface area contributed by atoms with Gasteiger partial charge in [0.15, 0.2) is 0 Å². The molecule has 1 heteroatoms. The molecule has 1 heterocycles. The highest BCUT2D eigenvalue weighted by molar-refractivity contribution is 6.29. The largest absolute Gasteiger partial charge is 0.309 e. The van der Waals surface area contributed by atoms with Gasteiger partial charge in [0, 0.05) is 16.3 Å². The molecule has 0 saturated carbocycles. The van der Waals surface area contributed by atoms with E-state index in [1.807, 2.05) is 0 Å². The Hall–Kier alpha value is -5.92. The molecule has 1 aromatic heterocycles. The zero-order chi connectivity index (χ0) is 29.2. The number of aromatic nitrogens is 1. The Morgan fingerprint density at radius 2 is 0.756 bits per heavy atom. The van der Waals surface area contributed by atoms with Crippen LogP contribution in [0.25, 0.3) is 105 Å². The molecule has 0 atom stereocenters. The van der Waals surface area contributed by atoms with Crippen LogP contribution in [0.3, 0.4) is 0 Å². The number of fused-ring (bicyclic) bond motifs is 10. The van der Waals surface area contributed by atoms with Crippen LogP contribution < -0.4 is 0 Å². The summed E-state index contributed by atoms with van der Waals surface area (Å²) in [7, 11) is 0. The lowest BCUT2D eigenvalue weighted by molar-refractivity contribution is 1.18. The van der Waals surface area contributed by atoms with Crippen LogP contribution in [0.15, 0.2) is 152 Å². The Kier molecular flexibility index (Phi) is 4.38. The van der Waals surface area contributed by atoms with Crippen LogP contribution in [0.2, 0.25) is 0 Å². The SMILES string of the molecule is c1ccc2c(c1)-c1cccc3c(-c4ccccc4-n4c5ccccc5c5c6cccc7c6c(cc54)-c4ccccc4-7)ccc-2c13. The Labute approximate surface area is 260 Å². The van der Waals surface area contributed by atoms with Gasteiger partial charge in [-0.1, -0.05) is 133 Å². The maximum atomic E-state index is 2.52. The summed E-state index contributed by atoms with van der Waals surface area (Å²) in [6.07, 6.45) is 0. The van der Waals surface area contributed by atoms with Crippen LogP contribution in [0.1, 0.15) is 0 Å². The molecule has 9 aromatic rings. The maximum Gasteiger partial charge on any atom is 0.0554 e. The first-order valence-corrected chi connectivity index (χ1v) is 15.7. The predicted octanol–water partition coefficient (Wildman–Crippen LogP) is 12.1. The molecule has 0 spiro atoms. The van der Waals surface area contributed by atoms with Crippen LogP contribution in [-0.2, 0) is 0 Å². The Balaban J connectivity index is 1.26. The maximum absolute atomic E-state index is 2.52. The molecule has 2 aliphatic carbocycles. The standard InChI is InChI=1S/C44H25N/c1-2-12-27-26(11-1)32-17-9-18-34-30(23-24-35(27)42(32)34)31-15-5-7-21-39(31)45-40-22-8-6-16-36(40)44-37-20-10-19-33-28-13-3-4-14-29(28)38(43(33)37)25-41(44)45/h1-25H. The normalized spacial score (nSPS) is 12.4. The molecule has 1 nitrogen and oxygen atoms in total. The first-order chi connectivity index (χ1) is 22.4. The van der Waals surface area contributed by atoms with Crippen molar-refractivity contribution in [1.82, 2.24) is 4.57 Å². The molecule has 0 radical (unpaired) electrons. The van der Waals surface area contributed by atoms with E-state index in [0.29, 0.717) is 0 Å². The summed E-state index contributed by atoms with van der Waals surface area (Å²) in [5, 5.41) is 7.97. The summed E-state index contributed by atoms with van der Waals surface area (Å²) >= 11 is 0. The molecule has 0 unspecified atom stereocenters. The third-order valence-electron chi connectivity index (χ3n) is 10.3. The van der Waals surface area contributed by atoms with Crippen molar-refractivity contribution in [1.29, 1.82) is 0 Å². The van der Waals surface area contributed by atoms with Crippen LogP contribution >= 0.6 is 0 Å². The third kappa shape index (κ3) is 2.89. The lowest BCUT2D eigenvalue weighted by atomic mass is 9.93. The first kappa shape index (κ1) is 23.5. The molecular formula is C44H25N. The predicted molar refractivity (Wildman–Crippen MR) is 190 cm³/mol. The fourth-order valence-corrected chi connectivity index (χ4v) is 8.53. The number of nitrogens with zero attached hydrogens (tertiary/aromatic N) is 1. The average Bonchev–Trinajstić information content (AvgIpc) is 3.73. The highest BCUT2D eigenvalue weighted by Crippen LogP contribution is 2.52. The topological polar surface area (TPSA) is 4.93 Å². The van der Waals surface area contributed by atoms with Gasteiger partial charge in [0.25, 0.3) is 0 Å². The van der Waals surface area contributed by atoms with E-state index in [9.17, 15) is 0 Å². The summed E-state index contributed by atoms with van der Waals surface area (Å²) in [6, 6.07) is 56.4. The van der Waals surface area contributed by atoms with E-state index < -0.39 is 0 Å². The third-order valence-corrected chi connectivity index (χ3v) is 10.3. The van der Waals surface area contributed by atoms with Gasteiger partial charge in [-0.3, -0.25) is 0 Å². The summed E-state index contributed by atoms with van der Waals surface area (Å²) in [4.78, 5) is 0. The highest BCUT2D eigenvalue weighted by atomic mass is 15.0. The molecule has 0 fully saturated rings. The van der Waals surface area contributed by atoms with Crippen molar-refractivity contribution < 1.29 is 0 Å². The minimum absolute atomic E-state index is 1.20. The molecule has 0 aliphatic heterocycles. The van der Waals surface area contributed by atoms with Crippen LogP contribution in [0.4, 0.5) is 0 Å². The van der Waals surface area contributed by atoms with E-state index in [1.165, 1.54) is 105 Å². The molecule has 45 heavy (non-hydrogen) atoms. The molecule has 0 amide bonds. The minimum atomic E-state index is 1.20. The van der Waals surface area contributed by atoms with Crippen molar-refractivity contribution in [3.8, 4) is 61.3 Å². The van der Waals surface area contributed by atoms with Crippen molar-refractivity contribution in [3.63, 3.8) is 0 Å². The van der Waals surface area contributed by atoms with Gasteiger partial charge < -0.3 is 4.57 Å². The van der Waals surface area contributed by atoms with Gasteiger partial charge in [-0.15, -0.1) is 0 Å². The second-order valence-electron chi connectivity index (χ2n) is 12.4. The minimum Gasteiger partial charge on any atom is -0.309 e. The summed E-state index contributed by atoms with van der Waals surface area (Å²) in [5.41, 5.74) is 16.8. The van der Waals surface area contributed by atoms with Gasteiger partial charge in [0.1, 0.15) is 0 Å². The zero-order valence-corrected chi connectivity index (χ0v) is 24.4. The molecule has 11 rings (SSSR count). The molecule has 2 aliphatic rings. The number of para-hydroxylation sites is 2.